The number of nitrogens with zero attached hydrogens (tertiary/aromatic N) is 3. The predicted molar refractivity (Wildman–Crippen MR) is 142 cm³/mol. The van der Waals surface area contributed by atoms with E-state index in [0.29, 0.717) is 50.1 Å². The van der Waals surface area contributed by atoms with E-state index in [9.17, 15) is 26.4 Å². The largest absolute Gasteiger partial charge is 0.516 e. The average Bonchev–Trinajstić information content (AvgIpc) is 3.38. The molecule has 9 nitrogen and oxygen atoms in total. The van der Waals surface area contributed by atoms with Gasteiger partial charge in [-0.2, -0.15) is 21.6 Å². The molecule has 202 valence electrons. The Kier molecular flexibility index (Phi) is 6.63. The summed E-state index contributed by atoms with van der Waals surface area (Å²) in [5.74, 6) is -0.0698. The lowest BCUT2D eigenvalue weighted by atomic mass is 10.0. The molecule has 5 rings (SSSR count). The van der Waals surface area contributed by atoms with Gasteiger partial charge in [0, 0.05) is 27.6 Å². The summed E-state index contributed by atoms with van der Waals surface area (Å²) < 4.78 is 73.0. The maximum absolute atomic E-state index is 13.2. The maximum Gasteiger partial charge on any atom is 0.516 e. The smallest absolute Gasteiger partial charge is 0.472 e. The van der Waals surface area contributed by atoms with Crippen LogP contribution in [0.4, 0.5) is 18.9 Å². The van der Waals surface area contributed by atoms with Crippen molar-refractivity contribution < 1.29 is 30.8 Å². The van der Waals surface area contributed by atoms with Gasteiger partial charge in [-0.05, 0) is 51.3 Å². The highest BCUT2D eigenvalue weighted by Gasteiger charge is 2.46. The van der Waals surface area contributed by atoms with Crippen molar-refractivity contribution in [2.75, 3.05) is 4.72 Å². The van der Waals surface area contributed by atoms with Crippen molar-refractivity contribution in [3.63, 3.8) is 0 Å². The molecule has 0 atom stereocenters. The molecule has 39 heavy (non-hydrogen) atoms. The standard InChI is InChI=1S/C25H19BrF3N5O4S/c1-2-20-31-19-8-7-18(23(30)35)32-24(19)34(20)11-15-13-9-10-38-12-16(13)22(26)21(15)14-5-3-4-6-17(14)33-39(36,37)25(27,28)29/h3-10,12,33H,2,11H2,1H3,(H2,30,35). The highest BCUT2D eigenvalue weighted by molar-refractivity contribution is 9.10. The van der Waals surface area contributed by atoms with Crippen LogP contribution in [0.3, 0.4) is 0 Å². The molecule has 1 amide bonds. The van der Waals surface area contributed by atoms with Crippen molar-refractivity contribution in [3.05, 3.63) is 76.5 Å². The number of aromatic nitrogens is 3. The highest BCUT2D eigenvalue weighted by atomic mass is 79.9. The number of sulfonamides is 1. The van der Waals surface area contributed by atoms with Crippen molar-refractivity contribution >= 4 is 48.7 Å². The molecule has 1 aliphatic heterocycles. The van der Waals surface area contributed by atoms with E-state index in [2.05, 4.69) is 25.9 Å². The zero-order valence-electron chi connectivity index (χ0n) is 20.1. The summed E-state index contributed by atoms with van der Waals surface area (Å²) in [5, 5.41) is 0. The van der Waals surface area contributed by atoms with Crippen molar-refractivity contribution in [1.29, 1.82) is 0 Å². The van der Waals surface area contributed by atoms with Crippen molar-refractivity contribution in [3.8, 4) is 22.3 Å². The van der Waals surface area contributed by atoms with Crippen molar-refractivity contribution in [2.24, 2.45) is 5.73 Å². The summed E-state index contributed by atoms with van der Waals surface area (Å²) in [4.78, 5) is 20.8. The number of nitrogens with two attached hydrogens (primary N) is 1. The Morgan fingerprint density at radius 2 is 1.85 bits per heavy atom. The number of carbonyl (C=O) groups excluding carboxylic acids is 1. The third-order valence-corrected chi connectivity index (χ3v) is 8.10. The Balaban J connectivity index is 1.75. The molecule has 1 aliphatic carbocycles. The number of rotatable bonds is 7. The van der Waals surface area contributed by atoms with Crippen LogP contribution in [-0.2, 0) is 23.0 Å². The van der Waals surface area contributed by atoms with Gasteiger partial charge in [-0.3, -0.25) is 9.52 Å². The number of alkyl halides is 3. The molecule has 3 heterocycles. The summed E-state index contributed by atoms with van der Waals surface area (Å²) >= 11 is 3.55. The summed E-state index contributed by atoms with van der Waals surface area (Å²) in [7, 11) is -5.69. The molecule has 3 N–H and O–H groups in total. The van der Waals surface area contributed by atoms with Crippen LogP contribution in [0, 0.1) is 0 Å². The second-order valence-corrected chi connectivity index (χ2v) is 11.0. The molecule has 0 unspecified atom stereocenters. The van der Waals surface area contributed by atoms with E-state index >= 15 is 0 Å². The topological polar surface area (TPSA) is 133 Å². The number of para-hydroxylation sites is 1. The number of halogens is 4. The predicted octanol–water partition coefficient (Wildman–Crippen LogP) is 5.53. The van der Waals surface area contributed by atoms with E-state index in [0.717, 1.165) is 0 Å². The van der Waals surface area contributed by atoms with Gasteiger partial charge in [-0.25, -0.2) is 9.97 Å². The molecule has 0 fully saturated rings. The molecular formula is C25H19BrF3N5O4S. The molecule has 3 aromatic rings. The minimum Gasteiger partial charge on any atom is -0.472 e. The molecule has 0 spiro atoms. The summed E-state index contributed by atoms with van der Waals surface area (Å²) in [5.41, 5.74) is 3.24. The number of primary amides is 1. The fourth-order valence-corrected chi connectivity index (χ4v) is 5.76. The Morgan fingerprint density at radius 3 is 2.54 bits per heavy atom. The van der Waals surface area contributed by atoms with E-state index in [-0.39, 0.29) is 23.5 Å². The Bertz CT molecular complexity index is 1810. The molecule has 14 heteroatoms. The van der Waals surface area contributed by atoms with Gasteiger partial charge in [-0.15, -0.1) is 0 Å². The number of amides is 1. The van der Waals surface area contributed by atoms with Crippen LogP contribution in [0.25, 0.3) is 33.4 Å². The number of carbonyl (C=O) groups is 1. The summed E-state index contributed by atoms with van der Waals surface area (Å²) in [6, 6.07) is 10.6. The van der Waals surface area contributed by atoms with Gasteiger partial charge < -0.3 is 14.7 Å². The maximum atomic E-state index is 13.2. The zero-order valence-corrected chi connectivity index (χ0v) is 22.5. The van der Waals surface area contributed by atoms with Crippen LogP contribution >= 0.6 is 15.9 Å². The van der Waals surface area contributed by atoms with Gasteiger partial charge in [-0.1, -0.05) is 25.1 Å². The van der Waals surface area contributed by atoms with E-state index in [1.54, 1.807) is 27.5 Å². The normalized spacial score (nSPS) is 12.3. The van der Waals surface area contributed by atoms with E-state index in [1.165, 1.54) is 36.8 Å². The first-order valence-corrected chi connectivity index (χ1v) is 13.7. The SMILES string of the molecule is CCc1nc2ccc(C(N)=O)nc2n1Cc1c2ccocc-2c(Br)c1-c1ccccc1NS(=O)(=O)C(F)(F)F. The molecule has 0 bridgehead atoms. The molecule has 2 aromatic heterocycles. The van der Waals surface area contributed by atoms with Gasteiger partial charge in [0.15, 0.2) is 5.65 Å². The lowest BCUT2D eigenvalue weighted by Crippen LogP contribution is -2.30. The van der Waals surface area contributed by atoms with Crippen LogP contribution < -0.4 is 10.5 Å². The summed E-state index contributed by atoms with van der Waals surface area (Å²) in [6.45, 7) is 2.03. The number of fused-ring (bicyclic) bond motifs is 2. The molecule has 2 aliphatic rings. The number of aryl methyl sites for hydroxylation is 1. The number of anilines is 1. The Hall–Kier alpha value is -3.91. The van der Waals surface area contributed by atoms with Crippen LogP contribution in [0.15, 0.2) is 63.9 Å². The van der Waals surface area contributed by atoms with Gasteiger partial charge in [0.25, 0.3) is 5.91 Å². The minimum absolute atomic E-state index is 0.0470. The molecule has 0 saturated heterocycles. The Labute approximate surface area is 228 Å². The average molecular weight is 622 g/mol. The van der Waals surface area contributed by atoms with Crippen LogP contribution in [0.1, 0.15) is 28.8 Å². The summed E-state index contributed by atoms with van der Waals surface area (Å²) in [6.07, 6.45) is 3.44. The first-order chi connectivity index (χ1) is 18.4. The van der Waals surface area contributed by atoms with E-state index in [1.807, 2.05) is 6.92 Å². The molecule has 0 radical (unpaired) electrons. The number of hydrogen-bond acceptors (Lipinski definition) is 6. The minimum atomic E-state index is -5.69. The van der Waals surface area contributed by atoms with Crippen LogP contribution in [0.5, 0.6) is 0 Å². The quantitative estimate of drug-likeness (QED) is 0.245. The molecular weight excluding hydrogens is 603 g/mol. The highest BCUT2D eigenvalue weighted by Crippen LogP contribution is 2.48. The van der Waals surface area contributed by atoms with E-state index in [4.69, 9.17) is 10.2 Å². The van der Waals surface area contributed by atoms with Gasteiger partial charge >= 0.3 is 15.5 Å². The van der Waals surface area contributed by atoms with Gasteiger partial charge in [0.1, 0.15) is 17.0 Å². The van der Waals surface area contributed by atoms with Gasteiger partial charge in [0.05, 0.1) is 24.8 Å². The molecule has 1 aromatic carbocycles. The lowest BCUT2D eigenvalue weighted by molar-refractivity contribution is -0.0429. The second-order valence-electron chi connectivity index (χ2n) is 8.52. The first kappa shape index (κ1) is 26.7. The Morgan fingerprint density at radius 1 is 1.10 bits per heavy atom. The van der Waals surface area contributed by atoms with Crippen molar-refractivity contribution in [1.82, 2.24) is 14.5 Å². The number of hydrogen-bond donors (Lipinski definition) is 2. The lowest BCUT2D eigenvalue weighted by Gasteiger charge is -2.16. The van der Waals surface area contributed by atoms with Crippen LogP contribution in [-0.4, -0.2) is 34.4 Å². The van der Waals surface area contributed by atoms with Crippen LogP contribution in [0.2, 0.25) is 0 Å². The van der Waals surface area contributed by atoms with E-state index < -0.39 is 21.4 Å². The number of pyridine rings is 1. The monoisotopic (exact) mass is 621 g/mol. The van der Waals surface area contributed by atoms with Crippen molar-refractivity contribution in [2.45, 2.75) is 25.4 Å². The second kappa shape index (κ2) is 9.68. The molecule has 0 saturated carbocycles. The third kappa shape index (κ3) is 4.63. The zero-order chi connectivity index (χ0) is 28.1. The fraction of sp³-hybridized carbons (Fsp3) is 0.160. The fourth-order valence-electron chi connectivity index (χ4n) is 4.42. The first-order valence-electron chi connectivity index (χ1n) is 11.4. The third-order valence-electron chi connectivity index (χ3n) is 6.17. The number of imidazole rings is 1. The number of nitrogens with one attached hydrogen (secondary N) is 1. The number of benzene rings is 1. The van der Waals surface area contributed by atoms with Gasteiger partial charge in [0.2, 0.25) is 0 Å².